The lowest BCUT2D eigenvalue weighted by Crippen LogP contribution is -2.16. The number of rotatable bonds is 5. The quantitative estimate of drug-likeness (QED) is 0.555. The summed E-state index contributed by atoms with van der Waals surface area (Å²) in [5, 5.41) is 7.21. The molecule has 0 fully saturated rings. The minimum absolute atomic E-state index is 0.950. The third-order valence-corrected chi connectivity index (χ3v) is 5.13. The van der Waals surface area contributed by atoms with E-state index < -0.39 is 0 Å². The van der Waals surface area contributed by atoms with Gasteiger partial charge in [-0.25, -0.2) is 0 Å². The Balaban J connectivity index is 1.87. The average molecular weight is 347 g/mol. The zero-order valence-electron chi connectivity index (χ0n) is 15.9. The zero-order chi connectivity index (χ0) is 18.3. The summed E-state index contributed by atoms with van der Waals surface area (Å²) in [6.45, 7) is 4.19. The number of pyridine rings is 2. The number of hydrogen-bond donors (Lipinski definition) is 1. The van der Waals surface area contributed by atoms with Crippen LogP contribution in [0.4, 0.5) is 5.69 Å². The van der Waals surface area contributed by atoms with E-state index in [4.69, 9.17) is 0 Å². The van der Waals surface area contributed by atoms with Gasteiger partial charge < -0.3 is 14.8 Å². The van der Waals surface area contributed by atoms with Crippen LogP contribution in [0.2, 0.25) is 0 Å². The number of anilines is 1. The first-order valence-corrected chi connectivity index (χ1v) is 9.07. The molecule has 0 aliphatic carbocycles. The van der Waals surface area contributed by atoms with Crippen molar-refractivity contribution in [2.75, 3.05) is 32.5 Å². The predicted octanol–water partition coefficient (Wildman–Crippen LogP) is 3.95. The van der Waals surface area contributed by atoms with Gasteiger partial charge in [0.05, 0.1) is 16.6 Å². The Kier molecular flexibility index (Phi) is 4.24. The van der Waals surface area contributed by atoms with Crippen molar-refractivity contribution in [2.45, 2.75) is 13.3 Å². The van der Waals surface area contributed by atoms with Crippen LogP contribution in [0.25, 0.3) is 32.7 Å². The highest BCUT2D eigenvalue weighted by molar-refractivity contribution is 6.15. The topological polar surface area (TPSA) is 46.0 Å². The second-order valence-corrected chi connectivity index (χ2v) is 7.19. The summed E-state index contributed by atoms with van der Waals surface area (Å²) >= 11 is 0. The molecule has 5 heteroatoms. The molecule has 0 aliphatic heterocycles. The van der Waals surface area contributed by atoms with Gasteiger partial charge in [0.25, 0.3) is 0 Å². The molecule has 0 unspecified atom stereocenters. The van der Waals surface area contributed by atoms with E-state index in [2.05, 4.69) is 71.0 Å². The Morgan fingerprint density at radius 1 is 1.12 bits per heavy atom. The molecule has 134 valence electrons. The molecular formula is C21H25N5. The minimum Gasteiger partial charge on any atom is -0.384 e. The highest BCUT2D eigenvalue weighted by Crippen LogP contribution is 2.35. The van der Waals surface area contributed by atoms with Gasteiger partial charge in [0.1, 0.15) is 0 Å². The predicted molar refractivity (Wildman–Crippen MR) is 110 cm³/mol. The summed E-state index contributed by atoms with van der Waals surface area (Å²) in [5.41, 5.74) is 5.87. The van der Waals surface area contributed by atoms with Crippen LogP contribution in [-0.2, 0) is 7.05 Å². The lowest BCUT2D eigenvalue weighted by atomic mass is 10.0. The van der Waals surface area contributed by atoms with Crippen molar-refractivity contribution in [3.8, 4) is 0 Å². The highest BCUT2D eigenvalue weighted by Gasteiger charge is 2.15. The van der Waals surface area contributed by atoms with Crippen LogP contribution in [0, 0.1) is 6.92 Å². The molecule has 0 radical (unpaired) electrons. The molecule has 0 saturated carbocycles. The molecule has 0 spiro atoms. The van der Waals surface area contributed by atoms with E-state index in [1.165, 1.54) is 32.8 Å². The minimum atomic E-state index is 0.950. The Morgan fingerprint density at radius 3 is 2.77 bits per heavy atom. The van der Waals surface area contributed by atoms with Gasteiger partial charge in [-0.05, 0) is 57.7 Å². The first-order valence-electron chi connectivity index (χ1n) is 9.07. The number of aromatic nitrogens is 3. The highest BCUT2D eigenvalue weighted by atomic mass is 15.1. The second-order valence-electron chi connectivity index (χ2n) is 7.19. The van der Waals surface area contributed by atoms with Crippen LogP contribution in [0.3, 0.4) is 0 Å². The molecular weight excluding hydrogens is 322 g/mol. The molecule has 1 aromatic carbocycles. The average Bonchev–Trinajstić information content (AvgIpc) is 2.92. The summed E-state index contributed by atoms with van der Waals surface area (Å²) in [7, 11) is 6.33. The first kappa shape index (κ1) is 16.8. The van der Waals surface area contributed by atoms with E-state index in [1.54, 1.807) is 0 Å². The number of aryl methyl sites for hydroxylation is 2. The lowest BCUT2D eigenvalue weighted by Gasteiger charge is -2.13. The smallest absolute Gasteiger partial charge is 0.0773 e. The summed E-state index contributed by atoms with van der Waals surface area (Å²) < 4.78 is 2.25. The number of nitrogens with zero attached hydrogens (tertiary/aromatic N) is 4. The van der Waals surface area contributed by atoms with Crippen LogP contribution in [0.15, 0.2) is 36.8 Å². The van der Waals surface area contributed by atoms with E-state index in [1.807, 2.05) is 18.6 Å². The first-order chi connectivity index (χ1) is 12.6. The number of fused-ring (bicyclic) bond motifs is 4. The van der Waals surface area contributed by atoms with E-state index in [0.717, 1.165) is 30.7 Å². The molecule has 3 heterocycles. The van der Waals surface area contributed by atoms with Crippen LogP contribution < -0.4 is 5.32 Å². The molecule has 3 aromatic heterocycles. The fourth-order valence-electron chi connectivity index (χ4n) is 3.86. The molecule has 0 aliphatic rings. The molecule has 1 N–H and O–H groups in total. The second kappa shape index (κ2) is 6.57. The Hall–Kier alpha value is -2.66. The van der Waals surface area contributed by atoms with Crippen LogP contribution in [0.5, 0.6) is 0 Å². The lowest BCUT2D eigenvalue weighted by molar-refractivity contribution is 0.405. The van der Waals surface area contributed by atoms with E-state index in [-0.39, 0.29) is 0 Å². The summed E-state index contributed by atoms with van der Waals surface area (Å²) in [4.78, 5) is 11.2. The standard InChI is InChI=1S/C21H25N5/c1-14-20-16(18(6-10-24-20)23-8-5-11-25(2)3)12-15-17-13-22-9-7-19(17)26(4)21(14)15/h6-7,9-10,12-13H,5,8,11H2,1-4H3,(H,23,24). The molecule has 4 rings (SSSR count). The van der Waals surface area contributed by atoms with Gasteiger partial charge >= 0.3 is 0 Å². The largest absolute Gasteiger partial charge is 0.384 e. The molecule has 5 nitrogen and oxygen atoms in total. The van der Waals surface area contributed by atoms with Crippen molar-refractivity contribution in [1.82, 2.24) is 19.4 Å². The van der Waals surface area contributed by atoms with Gasteiger partial charge in [0.2, 0.25) is 0 Å². The summed E-state index contributed by atoms with van der Waals surface area (Å²) in [6.07, 6.45) is 6.83. The van der Waals surface area contributed by atoms with Crippen LogP contribution >= 0.6 is 0 Å². The Morgan fingerprint density at radius 2 is 1.96 bits per heavy atom. The molecule has 0 amide bonds. The summed E-state index contributed by atoms with van der Waals surface area (Å²) in [6, 6.07) is 6.42. The molecule has 0 bridgehead atoms. The van der Waals surface area contributed by atoms with Crippen molar-refractivity contribution >= 4 is 38.4 Å². The maximum absolute atomic E-state index is 4.68. The maximum atomic E-state index is 4.68. The van der Waals surface area contributed by atoms with Gasteiger partial charge in [-0.1, -0.05) is 0 Å². The van der Waals surface area contributed by atoms with Crippen molar-refractivity contribution in [1.29, 1.82) is 0 Å². The normalized spacial score (nSPS) is 11.9. The van der Waals surface area contributed by atoms with E-state index in [0.29, 0.717) is 0 Å². The van der Waals surface area contributed by atoms with Gasteiger partial charge in [-0.3, -0.25) is 9.97 Å². The SMILES string of the molecule is Cc1c2nccc(NCCCN(C)C)c2cc2c3cnccc3n(C)c12. The number of benzene rings is 1. The van der Waals surface area contributed by atoms with Crippen LogP contribution in [-0.4, -0.2) is 46.6 Å². The fourth-order valence-corrected chi connectivity index (χ4v) is 3.86. The molecule has 4 aromatic rings. The Labute approximate surface area is 153 Å². The van der Waals surface area contributed by atoms with Crippen molar-refractivity contribution in [3.63, 3.8) is 0 Å². The number of nitrogens with one attached hydrogen (secondary N) is 1. The van der Waals surface area contributed by atoms with Gasteiger partial charge in [-0.15, -0.1) is 0 Å². The van der Waals surface area contributed by atoms with Gasteiger partial charge in [0, 0.05) is 54.0 Å². The third kappa shape index (κ3) is 2.69. The maximum Gasteiger partial charge on any atom is 0.0773 e. The van der Waals surface area contributed by atoms with Crippen molar-refractivity contribution in [3.05, 3.63) is 42.4 Å². The summed E-state index contributed by atoms with van der Waals surface area (Å²) in [5.74, 6) is 0. The van der Waals surface area contributed by atoms with E-state index >= 15 is 0 Å². The molecule has 0 atom stereocenters. The van der Waals surface area contributed by atoms with Crippen LogP contribution in [0.1, 0.15) is 12.0 Å². The number of hydrogen-bond acceptors (Lipinski definition) is 4. The van der Waals surface area contributed by atoms with Gasteiger partial charge in [0.15, 0.2) is 0 Å². The third-order valence-electron chi connectivity index (χ3n) is 5.13. The van der Waals surface area contributed by atoms with E-state index in [9.17, 15) is 0 Å². The molecule has 26 heavy (non-hydrogen) atoms. The zero-order valence-corrected chi connectivity index (χ0v) is 15.9. The van der Waals surface area contributed by atoms with Crippen molar-refractivity contribution < 1.29 is 0 Å². The Bertz CT molecular complexity index is 1090. The fraction of sp³-hybridized carbons (Fsp3) is 0.333. The van der Waals surface area contributed by atoms with Gasteiger partial charge in [-0.2, -0.15) is 0 Å². The monoisotopic (exact) mass is 347 g/mol. The molecule has 0 saturated heterocycles. The van der Waals surface area contributed by atoms with Crippen molar-refractivity contribution in [2.24, 2.45) is 7.05 Å².